The lowest BCUT2D eigenvalue weighted by Gasteiger charge is -2.05. The van der Waals surface area contributed by atoms with Crippen LogP contribution in [0.15, 0.2) is 24.3 Å². The number of amidine groups is 1. The molecule has 3 N–H and O–H groups in total. The Morgan fingerprint density at radius 2 is 2.20 bits per heavy atom. The summed E-state index contributed by atoms with van der Waals surface area (Å²) >= 11 is 0. The maximum absolute atomic E-state index is 7.22. The van der Waals surface area contributed by atoms with Gasteiger partial charge in [-0.1, -0.05) is 12.1 Å². The van der Waals surface area contributed by atoms with Gasteiger partial charge in [0.1, 0.15) is 5.82 Å². The summed E-state index contributed by atoms with van der Waals surface area (Å²) in [6.45, 7) is 2.70. The smallest absolute Gasteiger partial charge is 0.106 e. The third-order valence-corrected chi connectivity index (χ3v) is 2.45. The second kappa shape index (κ2) is 3.73. The predicted octanol–water partition coefficient (Wildman–Crippen LogP) is 1.67. The second-order valence-electron chi connectivity index (χ2n) is 3.57. The van der Waals surface area contributed by atoms with Crippen molar-refractivity contribution < 1.29 is 0 Å². The van der Waals surface area contributed by atoms with E-state index < -0.39 is 0 Å². The highest BCUT2D eigenvalue weighted by molar-refractivity contribution is 5.78. The van der Waals surface area contributed by atoms with Crippen LogP contribution in [0.5, 0.6) is 0 Å². The van der Waals surface area contributed by atoms with E-state index in [0.29, 0.717) is 6.42 Å². The first-order chi connectivity index (χ1) is 7.18. The van der Waals surface area contributed by atoms with E-state index in [1.165, 1.54) is 0 Å². The van der Waals surface area contributed by atoms with E-state index in [1.54, 1.807) is 0 Å². The zero-order valence-electron chi connectivity index (χ0n) is 8.70. The van der Waals surface area contributed by atoms with Crippen LogP contribution in [0.1, 0.15) is 12.2 Å². The number of hydrogen-bond acceptors (Lipinski definition) is 2. The summed E-state index contributed by atoms with van der Waals surface area (Å²) in [7, 11) is 0. The van der Waals surface area contributed by atoms with Crippen LogP contribution in [0.2, 0.25) is 0 Å². The molecule has 0 aliphatic heterocycles. The highest BCUT2D eigenvalue weighted by Gasteiger charge is 2.05. The number of imidazole rings is 1. The third-order valence-electron chi connectivity index (χ3n) is 2.45. The number of nitrogens with one attached hydrogen (secondary N) is 1. The first-order valence-electron chi connectivity index (χ1n) is 4.93. The fourth-order valence-electron chi connectivity index (χ4n) is 1.71. The number of aryl methyl sites for hydroxylation is 2. The van der Waals surface area contributed by atoms with Gasteiger partial charge in [-0.3, -0.25) is 5.41 Å². The van der Waals surface area contributed by atoms with Gasteiger partial charge in [-0.25, -0.2) is 4.98 Å². The van der Waals surface area contributed by atoms with Gasteiger partial charge in [-0.2, -0.15) is 0 Å². The molecule has 0 aliphatic rings. The van der Waals surface area contributed by atoms with Crippen molar-refractivity contribution in [3.8, 4) is 0 Å². The van der Waals surface area contributed by atoms with Crippen molar-refractivity contribution >= 4 is 16.9 Å². The van der Waals surface area contributed by atoms with E-state index in [9.17, 15) is 0 Å². The fourth-order valence-corrected chi connectivity index (χ4v) is 1.71. The highest BCUT2D eigenvalue weighted by atomic mass is 15.1. The quantitative estimate of drug-likeness (QED) is 0.587. The van der Waals surface area contributed by atoms with Crippen molar-refractivity contribution in [3.05, 3.63) is 30.1 Å². The molecule has 1 aromatic heterocycles. The summed E-state index contributed by atoms with van der Waals surface area (Å²) in [5.74, 6) is 1.18. The van der Waals surface area contributed by atoms with E-state index in [4.69, 9.17) is 11.1 Å². The summed E-state index contributed by atoms with van der Waals surface area (Å²) in [4.78, 5) is 4.44. The standard InChI is InChI=1S/C11H14N4/c1-8-14-9-4-2-3-5-10(9)15(8)7-6-11(12)13/h2-5H,6-7H2,1H3,(H3,12,13). The van der Waals surface area contributed by atoms with E-state index >= 15 is 0 Å². The van der Waals surface area contributed by atoms with Crippen LogP contribution in [0, 0.1) is 12.3 Å². The molecule has 15 heavy (non-hydrogen) atoms. The van der Waals surface area contributed by atoms with Gasteiger partial charge in [0.05, 0.1) is 16.9 Å². The van der Waals surface area contributed by atoms with E-state index in [2.05, 4.69) is 9.55 Å². The van der Waals surface area contributed by atoms with Gasteiger partial charge >= 0.3 is 0 Å². The lowest BCUT2D eigenvalue weighted by molar-refractivity contribution is 0.715. The molecule has 78 valence electrons. The average molecular weight is 202 g/mol. The normalized spacial score (nSPS) is 10.7. The maximum atomic E-state index is 7.22. The van der Waals surface area contributed by atoms with Crippen LogP contribution >= 0.6 is 0 Å². The molecule has 2 rings (SSSR count). The number of aromatic nitrogens is 2. The zero-order chi connectivity index (χ0) is 10.8. The summed E-state index contributed by atoms with van der Waals surface area (Å²) in [5, 5.41) is 7.22. The Bertz CT molecular complexity index is 498. The van der Waals surface area contributed by atoms with Crippen molar-refractivity contribution in [2.75, 3.05) is 0 Å². The topological polar surface area (TPSA) is 67.7 Å². The largest absolute Gasteiger partial charge is 0.388 e. The van der Waals surface area contributed by atoms with Crippen molar-refractivity contribution in [2.45, 2.75) is 19.9 Å². The molecule has 0 bridgehead atoms. The van der Waals surface area contributed by atoms with Crippen LogP contribution < -0.4 is 5.73 Å². The molecule has 0 aliphatic carbocycles. The predicted molar refractivity (Wildman–Crippen MR) is 61.0 cm³/mol. The highest BCUT2D eigenvalue weighted by Crippen LogP contribution is 2.15. The third kappa shape index (κ3) is 1.83. The van der Waals surface area contributed by atoms with Gasteiger partial charge in [-0.05, 0) is 19.1 Å². The minimum atomic E-state index is 0.215. The molecule has 2 aromatic rings. The molecule has 0 radical (unpaired) electrons. The molecule has 1 heterocycles. The molecular formula is C11H14N4. The first kappa shape index (κ1) is 9.71. The van der Waals surface area contributed by atoms with Crippen LogP contribution in [0.3, 0.4) is 0 Å². The summed E-state index contributed by atoms with van der Waals surface area (Å²) in [5.41, 5.74) is 7.46. The lowest BCUT2D eigenvalue weighted by atomic mass is 10.3. The Labute approximate surface area is 88.2 Å². The van der Waals surface area contributed by atoms with E-state index in [-0.39, 0.29) is 5.84 Å². The summed E-state index contributed by atoms with van der Waals surface area (Å²) in [6, 6.07) is 8.00. The molecule has 0 amide bonds. The number of para-hydroxylation sites is 2. The molecule has 0 fully saturated rings. The average Bonchev–Trinajstić information content (AvgIpc) is 2.50. The van der Waals surface area contributed by atoms with Gasteiger partial charge in [0, 0.05) is 13.0 Å². The zero-order valence-corrected chi connectivity index (χ0v) is 8.70. The lowest BCUT2D eigenvalue weighted by Crippen LogP contribution is -2.13. The molecule has 0 unspecified atom stereocenters. The van der Waals surface area contributed by atoms with Gasteiger partial charge < -0.3 is 10.3 Å². The Morgan fingerprint density at radius 3 is 2.93 bits per heavy atom. The summed E-state index contributed by atoms with van der Waals surface area (Å²) < 4.78 is 2.09. The SMILES string of the molecule is Cc1nc2ccccc2n1CCC(=N)N. The van der Waals surface area contributed by atoms with Crippen LogP contribution in [0.4, 0.5) is 0 Å². The van der Waals surface area contributed by atoms with Crippen molar-refractivity contribution in [3.63, 3.8) is 0 Å². The minimum Gasteiger partial charge on any atom is -0.388 e. The molecule has 4 nitrogen and oxygen atoms in total. The Kier molecular flexibility index (Phi) is 2.41. The van der Waals surface area contributed by atoms with Gasteiger partial charge in [0.25, 0.3) is 0 Å². The number of nitrogens with zero attached hydrogens (tertiary/aromatic N) is 2. The Hall–Kier alpha value is -1.84. The minimum absolute atomic E-state index is 0.215. The molecule has 0 saturated carbocycles. The maximum Gasteiger partial charge on any atom is 0.106 e. The number of nitrogens with two attached hydrogens (primary N) is 1. The van der Waals surface area contributed by atoms with Crippen LogP contribution in [-0.2, 0) is 6.54 Å². The van der Waals surface area contributed by atoms with Crippen LogP contribution in [-0.4, -0.2) is 15.4 Å². The monoisotopic (exact) mass is 202 g/mol. The van der Waals surface area contributed by atoms with E-state index in [1.807, 2.05) is 31.2 Å². The van der Waals surface area contributed by atoms with Gasteiger partial charge in [-0.15, -0.1) is 0 Å². The first-order valence-corrected chi connectivity index (χ1v) is 4.93. The number of rotatable bonds is 3. The van der Waals surface area contributed by atoms with Crippen molar-refractivity contribution in [2.24, 2.45) is 5.73 Å². The number of hydrogen-bond donors (Lipinski definition) is 2. The van der Waals surface area contributed by atoms with Crippen molar-refractivity contribution in [1.29, 1.82) is 5.41 Å². The Morgan fingerprint density at radius 1 is 1.47 bits per heavy atom. The summed E-state index contributed by atoms with van der Waals surface area (Å²) in [6.07, 6.45) is 0.571. The number of benzene rings is 1. The molecular weight excluding hydrogens is 188 g/mol. The fraction of sp³-hybridized carbons (Fsp3) is 0.273. The van der Waals surface area contributed by atoms with Crippen molar-refractivity contribution in [1.82, 2.24) is 9.55 Å². The molecule has 0 saturated heterocycles. The van der Waals surface area contributed by atoms with Crippen LogP contribution in [0.25, 0.3) is 11.0 Å². The number of fused-ring (bicyclic) bond motifs is 1. The second-order valence-corrected chi connectivity index (χ2v) is 3.57. The molecule has 0 spiro atoms. The molecule has 1 aromatic carbocycles. The van der Waals surface area contributed by atoms with E-state index in [0.717, 1.165) is 23.4 Å². The molecule has 0 atom stereocenters. The van der Waals surface area contributed by atoms with Gasteiger partial charge in [0.15, 0.2) is 0 Å². The Balaban J connectivity index is 2.40. The van der Waals surface area contributed by atoms with Gasteiger partial charge in [0.2, 0.25) is 0 Å². The molecule has 4 heteroatoms.